The van der Waals surface area contributed by atoms with Gasteiger partial charge in [0.25, 0.3) is 0 Å². The van der Waals surface area contributed by atoms with Crippen LogP contribution in [0.15, 0.2) is 118 Å². The number of aromatic nitrogens is 4. The fourth-order valence-electron chi connectivity index (χ4n) is 3.82. The molecule has 0 saturated carbocycles. The second kappa shape index (κ2) is 10.1. The van der Waals surface area contributed by atoms with E-state index < -0.39 is 0 Å². The van der Waals surface area contributed by atoms with E-state index in [2.05, 4.69) is 10.2 Å². The smallest absolute Gasteiger partial charge is 0.117 e. The lowest BCUT2D eigenvalue weighted by atomic mass is 10.1. The van der Waals surface area contributed by atoms with Crippen molar-refractivity contribution in [1.29, 1.82) is 0 Å². The molecule has 6 nitrogen and oxygen atoms in total. The van der Waals surface area contributed by atoms with Crippen LogP contribution in [0.3, 0.4) is 0 Å². The maximum absolute atomic E-state index is 4.82. The standard InChI is InChI=1S/C28H20N6S2/c1-3-9-21(10-4-1)27-23(19-33(31-27)25-13-7-15-35-25)17-29-30-18-24-20-34(26-14-8-16-36-26)32-28(24)22-11-5-2-6-12-22/h1-20H. The van der Waals surface area contributed by atoms with E-state index in [0.717, 1.165) is 43.6 Å². The molecule has 0 aliphatic carbocycles. The van der Waals surface area contributed by atoms with Gasteiger partial charge in [-0.05, 0) is 35.0 Å². The molecule has 0 bridgehead atoms. The molecule has 6 rings (SSSR count). The van der Waals surface area contributed by atoms with Crippen LogP contribution in [0.1, 0.15) is 11.1 Å². The van der Waals surface area contributed by atoms with Crippen LogP contribution in [0.5, 0.6) is 0 Å². The van der Waals surface area contributed by atoms with Gasteiger partial charge in [-0.15, -0.1) is 22.7 Å². The normalized spacial score (nSPS) is 11.7. The summed E-state index contributed by atoms with van der Waals surface area (Å²) in [5.41, 5.74) is 5.56. The summed E-state index contributed by atoms with van der Waals surface area (Å²) in [4.78, 5) is 0. The third-order valence-corrected chi connectivity index (χ3v) is 7.22. The van der Waals surface area contributed by atoms with E-state index in [-0.39, 0.29) is 0 Å². The molecular weight excluding hydrogens is 484 g/mol. The Labute approximate surface area is 216 Å². The predicted molar refractivity (Wildman–Crippen MR) is 149 cm³/mol. The fourth-order valence-corrected chi connectivity index (χ4v) is 5.13. The molecule has 0 atom stereocenters. The first-order valence-corrected chi connectivity index (χ1v) is 13.1. The van der Waals surface area contributed by atoms with Gasteiger partial charge < -0.3 is 0 Å². The third-order valence-electron chi connectivity index (χ3n) is 5.50. The minimum atomic E-state index is 0.860. The van der Waals surface area contributed by atoms with E-state index in [1.807, 2.05) is 117 Å². The van der Waals surface area contributed by atoms with Crippen molar-refractivity contribution in [1.82, 2.24) is 19.6 Å². The van der Waals surface area contributed by atoms with Crippen LogP contribution in [0, 0.1) is 0 Å². The minimum Gasteiger partial charge on any atom is -0.230 e. The first-order valence-electron chi connectivity index (χ1n) is 11.3. The van der Waals surface area contributed by atoms with Crippen LogP contribution >= 0.6 is 22.7 Å². The van der Waals surface area contributed by atoms with Gasteiger partial charge in [-0.2, -0.15) is 20.4 Å². The SMILES string of the molecule is C(=NN=Cc1cn(-c2cccs2)nc1-c1ccccc1)c1cn(-c2cccs2)nc1-c1ccccc1. The van der Waals surface area contributed by atoms with Crippen LogP contribution in [0.4, 0.5) is 0 Å². The summed E-state index contributed by atoms with van der Waals surface area (Å²) in [5.74, 6) is 0. The van der Waals surface area contributed by atoms with Gasteiger partial charge in [-0.1, -0.05) is 60.7 Å². The summed E-state index contributed by atoms with van der Waals surface area (Å²) in [6, 6.07) is 28.3. The highest BCUT2D eigenvalue weighted by Crippen LogP contribution is 2.25. The van der Waals surface area contributed by atoms with E-state index in [1.54, 1.807) is 35.1 Å². The highest BCUT2D eigenvalue weighted by atomic mass is 32.1. The van der Waals surface area contributed by atoms with Crippen LogP contribution in [-0.4, -0.2) is 32.0 Å². The van der Waals surface area contributed by atoms with Crippen molar-refractivity contribution < 1.29 is 0 Å². The van der Waals surface area contributed by atoms with Crippen LogP contribution in [-0.2, 0) is 0 Å². The molecule has 0 radical (unpaired) electrons. The predicted octanol–water partition coefficient (Wildman–Crippen LogP) is 6.97. The van der Waals surface area contributed by atoms with Crippen LogP contribution < -0.4 is 0 Å². The Kier molecular flexibility index (Phi) is 6.18. The Morgan fingerprint density at radius 2 is 1.00 bits per heavy atom. The summed E-state index contributed by atoms with van der Waals surface area (Å²) in [6.45, 7) is 0. The van der Waals surface area contributed by atoms with Crippen molar-refractivity contribution >= 4 is 35.1 Å². The summed E-state index contributed by atoms with van der Waals surface area (Å²) in [6.07, 6.45) is 7.47. The number of hydrogen-bond acceptors (Lipinski definition) is 6. The first-order chi connectivity index (χ1) is 17.8. The number of hydrogen-bond donors (Lipinski definition) is 0. The molecule has 36 heavy (non-hydrogen) atoms. The molecule has 4 heterocycles. The molecule has 0 spiro atoms. The minimum absolute atomic E-state index is 0.860. The maximum atomic E-state index is 4.82. The lowest BCUT2D eigenvalue weighted by Gasteiger charge is -1.98. The lowest BCUT2D eigenvalue weighted by molar-refractivity contribution is 0.901. The molecule has 0 saturated heterocycles. The van der Waals surface area contributed by atoms with E-state index in [9.17, 15) is 0 Å². The van der Waals surface area contributed by atoms with Gasteiger partial charge in [-0.3, -0.25) is 0 Å². The molecule has 0 aliphatic heterocycles. The molecule has 6 aromatic rings. The Bertz CT molecular complexity index is 1490. The van der Waals surface area contributed by atoms with Gasteiger partial charge in [0.05, 0.1) is 12.4 Å². The maximum Gasteiger partial charge on any atom is 0.117 e. The van der Waals surface area contributed by atoms with Gasteiger partial charge in [0.15, 0.2) is 0 Å². The van der Waals surface area contributed by atoms with Crippen LogP contribution in [0.2, 0.25) is 0 Å². The van der Waals surface area contributed by atoms with E-state index in [4.69, 9.17) is 10.2 Å². The summed E-state index contributed by atoms with van der Waals surface area (Å²) < 4.78 is 3.77. The molecule has 4 aromatic heterocycles. The zero-order valence-electron chi connectivity index (χ0n) is 19.0. The van der Waals surface area contributed by atoms with Gasteiger partial charge in [0.1, 0.15) is 21.4 Å². The van der Waals surface area contributed by atoms with Crippen molar-refractivity contribution in [3.8, 4) is 32.5 Å². The number of rotatable bonds is 7. The first kappa shape index (κ1) is 22.1. The lowest BCUT2D eigenvalue weighted by Crippen LogP contribution is -1.90. The van der Waals surface area contributed by atoms with Gasteiger partial charge in [0, 0.05) is 34.6 Å². The monoisotopic (exact) mass is 504 g/mol. The Hall–Kier alpha value is -4.40. The van der Waals surface area contributed by atoms with E-state index >= 15 is 0 Å². The third kappa shape index (κ3) is 4.59. The summed E-state index contributed by atoms with van der Waals surface area (Å²) >= 11 is 3.27. The molecular formula is C28H20N6S2. The van der Waals surface area contributed by atoms with E-state index in [1.165, 1.54) is 0 Å². The number of benzene rings is 2. The Morgan fingerprint density at radius 3 is 1.39 bits per heavy atom. The van der Waals surface area contributed by atoms with Crippen molar-refractivity contribution in [2.75, 3.05) is 0 Å². The van der Waals surface area contributed by atoms with Crippen molar-refractivity contribution in [3.05, 3.63) is 119 Å². The average Bonchev–Trinajstić information content (AvgIpc) is 3.74. The fraction of sp³-hybridized carbons (Fsp3) is 0. The van der Waals surface area contributed by atoms with Gasteiger partial charge >= 0.3 is 0 Å². The van der Waals surface area contributed by atoms with Gasteiger partial charge in [0.2, 0.25) is 0 Å². The highest BCUT2D eigenvalue weighted by Gasteiger charge is 2.13. The van der Waals surface area contributed by atoms with Crippen molar-refractivity contribution in [2.24, 2.45) is 10.2 Å². The summed E-state index contributed by atoms with van der Waals surface area (Å²) in [7, 11) is 0. The van der Waals surface area contributed by atoms with E-state index in [0.29, 0.717) is 0 Å². The second-order valence-electron chi connectivity index (χ2n) is 7.88. The number of nitrogens with zero attached hydrogens (tertiary/aromatic N) is 6. The Morgan fingerprint density at radius 1 is 0.556 bits per heavy atom. The topological polar surface area (TPSA) is 60.4 Å². The van der Waals surface area contributed by atoms with Gasteiger partial charge in [-0.25, -0.2) is 9.36 Å². The molecule has 0 fully saturated rings. The zero-order valence-corrected chi connectivity index (χ0v) is 20.7. The largest absolute Gasteiger partial charge is 0.230 e. The average molecular weight is 505 g/mol. The van der Waals surface area contributed by atoms with Crippen LogP contribution in [0.25, 0.3) is 32.5 Å². The second-order valence-corrected chi connectivity index (χ2v) is 9.73. The molecule has 2 aromatic carbocycles. The molecule has 0 N–H and O–H groups in total. The zero-order chi connectivity index (χ0) is 24.2. The molecule has 0 unspecified atom stereocenters. The van der Waals surface area contributed by atoms with Crippen molar-refractivity contribution in [3.63, 3.8) is 0 Å². The molecule has 174 valence electrons. The quantitative estimate of drug-likeness (QED) is 0.174. The summed E-state index contributed by atoms with van der Waals surface area (Å²) in [5, 5.41) is 24.6. The molecule has 0 aliphatic rings. The molecule has 8 heteroatoms. The Balaban J connectivity index is 1.33. The number of thiophene rings is 2. The van der Waals surface area contributed by atoms with Crippen molar-refractivity contribution in [2.45, 2.75) is 0 Å². The highest BCUT2D eigenvalue weighted by molar-refractivity contribution is 7.12. The molecule has 0 amide bonds.